The Morgan fingerprint density at radius 2 is 1.15 bits per heavy atom. The maximum Gasteiger partial charge on any atom is 0.488 e. The summed E-state index contributed by atoms with van der Waals surface area (Å²) in [5, 5.41) is 3.00. The molecular weight excluding hydrogens is 649 g/mol. The van der Waals surface area contributed by atoms with E-state index in [1.54, 1.807) is 21.3 Å². The highest BCUT2D eigenvalue weighted by atomic mass is 28.5. The second kappa shape index (κ2) is 18.7. The normalized spacial score (nSPS) is 13.3. The molecule has 0 bridgehead atoms. The van der Waals surface area contributed by atoms with E-state index in [1.165, 1.54) is 6.08 Å². The molecule has 1 atom stereocenters. The molecule has 0 saturated heterocycles. The lowest BCUT2D eigenvalue weighted by molar-refractivity contribution is -0.137. The molecule has 0 aromatic heterocycles. The van der Waals surface area contributed by atoms with Crippen LogP contribution in [-0.4, -0.2) is 68.4 Å². The molecule has 0 amide bonds. The molecule has 0 aliphatic rings. The fourth-order valence-corrected chi connectivity index (χ4v) is 20.4. The first-order valence-corrected chi connectivity index (χ1v) is 24.7. The molecule has 0 heterocycles. The van der Waals surface area contributed by atoms with Gasteiger partial charge in [-0.05, 0) is 54.0 Å². The molecule has 0 aliphatic carbocycles. The highest BCUT2D eigenvalue weighted by Gasteiger charge is 2.55. The Morgan fingerprint density at radius 1 is 0.696 bits per heavy atom. The van der Waals surface area contributed by atoms with Gasteiger partial charge in [0.05, 0.1) is 6.61 Å². The molecule has 46 heavy (non-hydrogen) atoms. The Balaban J connectivity index is 0.000000572. The summed E-state index contributed by atoms with van der Waals surface area (Å²) in [4.78, 5) is 10.5. The van der Waals surface area contributed by atoms with Crippen molar-refractivity contribution >= 4 is 56.0 Å². The lowest BCUT2D eigenvalue weighted by Crippen LogP contribution is -2.74. The second-order valence-corrected chi connectivity index (χ2v) is 24.8. The van der Waals surface area contributed by atoms with Crippen LogP contribution < -0.4 is 15.6 Å². The van der Waals surface area contributed by atoms with Crippen LogP contribution in [0.4, 0.5) is 0 Å². The van der Waals surface area contributed by atoms with Crippen LogP contribution in [0.2, 0.25) is 26.2 Å². The van der Waals surface area contributed by atoms with Crippen LogP contribution in [0, 0.1) is 5.92 Å². The minimum Gasteiger partial charge on any atom is -0.463 e. The minimum absolute atomic E-state index is 0.325. The van der Waals surface area contributed by atoms with Crippen molar-refractivity contribution in [2.45, 2.75) is 52.9 Å². The first-order valence-electron chi connectivity index (χ1n) is 15.5. The first kappa shape index (κ1) is 39.7. The highest BCUT2D eigenvalue weighted by molar-refractivity contribution is 7.03. The smallest absolute Gasteiger partial charge is 0.463 e. The number of carbonyl (C=O) groups excluding carboxylic acids is 1. The summed E-state index contributed by atoms with van der Waals surface area (Å²) in [6, 6.07) is 30.5. The van der Waals surface area contributed by atoms with Gasteiger partial charge in [0.2, 0.25) is 0 Å². The zero-order valence-electron chi connectivity index (χ0n) is 28.9. The zero-order valence-corrected chi connectivity index (χ0v) is 32.9. The molecular formula is C34H52O8Si4. The molecule has 12 heteroatoms. The number of hydrogen-bond donors (Lipinski definition) is 0. The third-order valence-electron chi connectivity index (χ3n) is 7.23. The van der Waals surface area contributed by atoms with Crippen molar-refractivity contribution in [3.8, 4) is 0 Å². The van der Waals surface area contributed by atoms with E-state index in [2.05, 4.69) is 63.4 Å². The van der Waals surface area contributed by atoms with Crippen LogP contribution in [0.25, 0.3) is 0 Å². The van der Waals surface area contributed by atoms with Gasteiger partial charge in [0.1, 0.15) is 0 Å². The van der Waals surface area contributed by atoms with Crippen LogP contribution in [0.15, 0.2) is 104 Å². The summed E-state index contributed by atoms with van der Waals surface area (Å²) >= 11 is 0. The Kier molecular flexibility index (Phi) is 16.2. The van der Waals surface area contributed by atoms with Crippen molar-refractivity contribution in [3.63, 3.8) is 0 Å². The van der Waals surface area contributed by atoms with E-state index in [4.69, 9.17) is 30.4 Å². The molecule has 252 valence electrons. The topological polar surface area (TPSA) is 81.7 Å². The quantitative estimate of drug-likeness (QED) is 0.0776. The summed E-state index contributed by atoms with van der Waals surface area (Å²) in [6.07, 6.45) is 3.23. The van der Waals surface area contributed by atoms with Crippen LogP contribution in [0.1, 0.15) is 26.7 Å². The third kappa shape index (κ3) is 11.9. The van der Waals surface area contributed by atoms with E-state index in [1.807, 2.05) is 74.2 Å². The van der Waals surface area contributed by atoms with Crippen molar-refractivity contribution in [1.82, 2.24) is 0 Å². The minimum atomic E-state index is -3.36. The largest absolute Gasteiger partial charge is 0.488 e. The Labute approximate surface area is 280 Å². The van der Waals surface area contributed by atoms with Crippen LogP contribution in [0.3, 0.4) is 0 Å². The molecule has 0 N–H and O–H groups in total. The Hall–Kier alpha value is -2.50. The van der Waals surface area contributed by atoms with E-state index < -0.39 is 34.5 Å². The van der Waals surface area contributed by atoms with Gasteiger partial charge >= 0.3 is 40.5 Å². The lowest BCUT2D eigenvalue weighted by Gasteiger charge is -2.44. The summed E-state index contributed by atoms with van der Waals surface area (Å²) in [7, 11) is -7.11. The maximum absolute atomic E-state index is 10.5. The average molecular weight is 701 g/mol. The van der Waals surface area contributed by atoms with Gasteiger partial charge in [-0.3, -0.25) is 0 Å². The fraction of sp³-hybridized carbons (Fsp3) is 0.382. The van der Waals surface area contributed by atoms with Gasteiger partial charge in [-0.1, -0.05) is 111 Å². The first-order chi connectivity index (χ1) is 21.8. The second-order valence-electron chi connectivity index (χ2n) is 11.7. The van der Waals surface area contributed by atoms with Gasteiger partial charge in [0, 0.05) is 34.0 Å². The average Bonchev–Trinajstić information content (AvgIpc) is 3.07. The molecule has 3 aromatic carbocycles. The van der Waals surface area contributed by atoms with E-state index >= 15 is 0 Å². The van der Waals surface area contributed by atoms with E-state index in [0.717, 1.165) is 28.4 Å². The fourth-order valence-electron chi connectivity index (χ4n) is 4.68. The van der Waals surface area contributed by atoms with Crippen molar-refractivity contribution < 1.29 is 35.2 Å². The zero-order chi connectivity index (χ0) is 34.3. The molecule has 0 aliphatic heterocycles. The molecule has 0 fully saturated rings. The van der Waals surface area contributed by atoms with E-state index in [-0.39, 0.29) is 5.97 Å². The van der Waals surface area contributed by atoms with Gasteiger partial charge in [-0.2, -0.15) is 0 Å². The van der Waals surface area contributed by atoms with Crippen LogP contribution >= 0.6 is 0 Å². The Bertz CT molecular complexity index is 1270. The molecule has 8 nitrogen and oxygen atoms in total. The molecule has 0 spiro atoms. The number of hydrogen-bond acceptors (Lipinski definition) is 8. The van der Waals surface area contributed by atoms with Gasteiger partial charge in [0.15, 0.2) is 0 Å². The van der Waals surface area contributed by atoms with Gasteiger partial charge < -0.3 is 30.4 Å². The number of benzene rings is 3. The number of ether oxygens (including phenoxy) is 1. The van der Waals surface area contributed by atoms with Gasteiger partial charge in [-0.15, -0.1) is 0 Å². The van der Waals surface area contributed by atoms with Crippen molar-refractivity contribution in [2.24, 2.45) is 5.92 Å². The predicted octanol–water partition coefficient (Wildman–Crippen LogP) is 5.63. The molecule has 3 aromatic rings. The van der Waals surface area contributed by atoms with E-state index in [9.17, 15) is 4.79 Å². The van der Waals surface area contributed by atoms with Gasteiger partial charge in [-0.25, -0.2) is 4.79 Å². The molecule has 1 unspecified atom stereocenters. The van der Waals surface area contributed by atoms with Crippen molar-refractivity contribution in [1.29, 1.82) is 0 Å². The highest BCUT2D eigenvalue weighted by Crippen LogP contribution is 2.25. The van der Waals surface area contributed by atoms with Crippen molar-refractivity contribution in [2.75, 3.05) is 27.9 Å². The summed E-state index contributed by atoms with van der Waals surface area (Å²) in [5.74, 6) is 0.353. The number of esters is 1. The maximum atomic E-state index is 10.5. The third-order valence-corrected chi connectivity index (χ3v) is 22.3. The SMILES string of the molecule is C=CC(=O)OCCCC(C)C.CO[Si](C)(OC)O[Si](C)(C)O[Si](O[Si](C)(OC)c1ccccc1)(c1ccccc1)c1ccccc1. The standard InChI is InChI=1S/C25H36O6Si4.C9H16O2/c1-26-33(6,23-17-11-8-12-18-23)31-35(24-19-13-9-14-20-24,25-21-15-10-16-22-25)30-32(4,5)29-34(7,27-2)28-3;1-4-9(10)11-7-5-6-8(2)3/h8-22H,1-7H3;4,8H,1,5-7H2,2-3H3. The summed E-state index contributed by atoms with van der Waals surface area (Å²) < 4.78 is 43.2. The summed E-state index contributed by atoms with van der Waals surface area (Å²) in [6.45, 7) is 16.1. The molecule has 0 radical (unpaired) electrons. The van der Waals surface area contributed by atoms with Crippen LogP contribution in [-0.2, 0) is 35.2 Å². The van der Waals surface area contributed by atoms with Crippen LogP contribution in [0.5, 0.6) is 0 Å². The van der Waals surface area contributed by atoms with Gasteiger partial charge in [0.25, 0.3) is 0 Å². The number of rotatable bonds is 17. The molecule has 3 rings (SSSR count). The number of carbonyl (C=O) groups is 1. The monoisotopic (exact) mass is 700 g/mol. The van der Waals surface area contributed by atoms with E-state index in [0.29, 0.717) is 12.5 Å². The van der Waals surface area contributed by atoms with Crippen molar-refractivity contribution in [3.05, 3.63) is 104 Å². The summed E-state index contributed by atoms with van der Waals surface area (Å²) in [5.41, 5.74) is 0. The lowest BCUT2D eigenvalue weighted by atomic mass is 10.1. The Morgan fingerprint density at radius 3 is 1.54 bits per heavy atom. The predicted molar refractivity (Wildman–Crippen MR) is 194 cm³/mol. The molecule has 0 saturated carbocycles.